The largest absolute Gasteiger partial charge is 0.491 e. The quantitative estimate of drug-likeness (QED) is 0.676. The smallest absolute Gasteiger partial charge is 0.237 e. The van der Waals surface area contributed by atoms with Crippen LogP contribution in [0, 0.1) is 0 Å². The minimum atomic E-state index is 0.262. The molecule has 0 bridgehead atoms. The number of hydrogen-bond acceptors (Lipinski definition) is 5. The molecule has 0 saturated carbocycles. The van der Waals surface area contributed by atoms with Crippen molar-refractivity contribution in [3.8, 4) is 17.4 Å². The van der Waals surface area contributed by atoms with Gasteiger partial charge in [-0.05, 0) is 35.0 Å². The molecule has 3 aromatic rings. The second-order valence-electron chi connectivity index (χ2n) is 5.08. The molecule has 0 radical (unpaired) electrons. The zero-order valence-corrected chi connectivity index (χ0v) is 11.8. The first kappa shape index (κ1) is 13.0. The fraction of sp³-hybridized carbons (Fsp3) is 0.176. The Balaban J connectivity index is 1.54. The van der Waals surface area contributed by atoms with Crippen LogP contribution in [0.3, 0.4) is 0 Å². The van der Waals surface area contributed by atoms with Gasteiger partial charge in [-0.3, -0.25) is 4.98 Å². The Labute approximate surface area is 127 Å². The molecule has 2 heterocycles. The van der Waals surface area contributed by atoms with Crippen LogP contribution in [0.2, 0.25) is 0 Å². The van der Waals surface area contributed by atoms with E-state index in [0.29, 0.717) is 12.5 Å². The summed E-state index contributed by atoms with van der Waals surface area (Å²) in [7, 11) is 0. The Morgan fingerprint density at radius 1 is 1.05 bits per heavy atom. The number of hydrogen-bond donors (Lipinski definition) is 0. The van der Waals surface area contributed by atoms with E-state index in [1.807, 2.05) is 36.4 Å². The molecule has 22 heavy (non-hydrogen) atoms. The molecular formula is C17H14N2O3. The van der Waals surface area contributed by atoms with Crippen LogP contribution >= 0.6 is 0 Å². The third-order valence-corrected chi connectivity index (χ3v) is 3.38. The number of rotatable bonds is 5. The molecule has 5 heteroatoms. The molecule has 1 aromatic heterocycles. The van der Waals surface area contributed by atoms with Gasteiger partial charge in [0, 0.05) is 12.4 Å². The Morgan fingerprint density at radius 2 is 1.82 bits per heavy atom. The normalized spacial score (nSPS) is 16.5. The highest BCUT2D eigenvalue weighted by atomic mass is 16.6. The summed E-state index contributed by atoms with van der Waals surface area (Å²) in [5, 5.41) is 2.18. The van der Waals surface area contributed by atoms with E-state index in [0.717, 1.165) is 28.9 Å². The number of ether oxygens (including phenoxy) is 3. The number of nitrogens with zero attached hydrogens (tertiary/aromatic N) is 2. The summed E-state index contributed by atoms with van der Waals surface area (Å²) in [6.45, 7) is 1.41. The van der Waals surface area contributed by atoms with Crippen molar-refractivity contribution in [2.45, 2.75) is 6.10 Å². The standard InChI is InChI=1S/C17H14N2O3/c1-3-14(20-10-16-11-21-16)7-12-2-4-15(8-13(1)12)22-17-9-18-5-6-19-17/h1-9,16H,10-11H2. The van der Waals surface area contributed by atoms with Gasteiger partial charge < -0.3 is 14.2 Å². The third kappa shape index (κ3) is 2.99. The van der Waals surface area contributed by atoms with Gasteiger partial charge in [0.05, 0.1) is 12.8 Å². The van der Waals surface area contributed by atoms with Crippen molar-refractivity contribution in [3.63, 3.8) is 0 Å². The first-order valence-corrected chi connectivity index (χ1v) is 7.09. The molecule has 5 nitrogen and oxygen atoms in total. The number of fused-ring (bicyclic) bond motifs is 1. The van der Waals surface area contributed by atoms with Gasteiger partial charge >= 0.3 is 0 Å². The summed E-state index contributed by atoms with van der Waals surface area (Å²) < 4.78 is 16.5. The van der Waals surface area contributed by atoms with E-state index >= 15 is 0 Å². The van der Waals surface area contributed by atoms with E-state index in [9.17, 15) is 0 Å². The lowest BCUT2D eigenvalue weighted by molar-refractivity contribution is 0.263. The molecular weight excluding hydrogens is 280 g/mol. The van der Waals surface area contributed by atoms with Crippen LogP contribution in [0.15, 0.2) is 55.0 Å². The molecule has 0 aliphatic carbocycles. The molecule has 0 spiro atoms. The van der Waals surface area contributed by atoms with Crippen molar-refractivity contribution in [1.29, 1.82) is 0 Å². The van der Waals surface area contributed by atoms with E-state index in [-0.39, 0.29) is 6.10 Å². The zero-order valence-electron chi connectivity index (χ0n) is 11.8. The predicted molar refractivity (Wildman–Crippen MR) is 81.3 cm³/mol. The van der Waals surface area contributed by atoms with E-state index in [1.165, 1.54) is 0 Å². The van der Waals surface area contributed by atoms with Gasteiger partial charge in [0.15, 0.2) is 0 Å². The summed E-state index contributed by atoms with van der Waals surface area (Å²) in [4.78, 5) is 8.08. The summed E-state index contributed by atoms with van der Waals surface area (Å²) in [6.07, 6.45) is 5.06. The Kier molecular flexibility index (Phi) is 3.33. The average Bonchev–Trinajstić information content (AvgIpc) is 3.38. The molecule has 110 valence electrons. The second kappa shape index (κ2) is 5.61. The van der Waals surface area contributed by atoms with Gasteiger partial charge in [0.2, 0.25) is 5.88 Å². The number of epoxide rings is 1. The van der Waals surface area contributed by atoms with E-state index in [2.05, 4.69) is 9.97 Å². The predicted octanol–water partition coefficient (Wildman–Crippen LogP) is 3.20. The van der Waals surface area contributed by atoms with E-state index in [1.54, 1.807) is 18.6 Å². The minimum Gasteiger partial charge on any atom is -0.491 e. The van der Waals surface area contributed by atoms with Crippen LogP contribution in [0.1, 0.15) is 0 Å². The highest BCUT2D eigenvalue weighted by Crippen LogP contribution is 2.27. The van der Waals surface area contributed by atoms with Crippen LogP contribution in [0.4, 0.5) is 0 Å². The maximum Gasteiger partial charge on any atom is 0.237 e. The Morgan fingerprint density at radius 3 is 2.55 bits per heavy atom. The fourth-order valence-electron chi connectivity index (χ4n) is 2.17. The summed E-state index contributed by atoms with van der Waals surface area (Å²) in [5.41, 5.74) is 0. The van der Waals surface area contributed by atoms with E-state index < -0.39 is 0 Å². The zero-order chi connectivity index (χ0) is 14.8. The first-order valence-electron chi connectivity index (χ1n) is 7.09. The van der Waals surface area contributed by atoms with Gasteiger partial charge in [-0.2, -0.15) is 0 Å². The SMILES string of the molecule is c1cnc(Oc2ccc3cc(OCC4CO4)ccc3c2)cn1. The molecule has 0 N–H and O–H groups in total. The van der Waals surface area contributed by atoms with Crippen LogP contribution in [-0.4, -0.2) is 29.3 Å². The molecule has 2 aromatic carbocycles. The van der Waals surface area contributed by atoms with Crippen molar-refractivity contribution in [2.24, 2.45) is 0 Å². The van der Waals surface area contributed by atoms with Crippen molar-refractivity contribution in [3.05, 3.63) is 55.0 Å². The van der Waals surface area contributed by atoms with Gasteiger partial charge in [-0.1, -0.05) is 12.1 Å². The lowest BCUT2D eigenvalue weighted by Gasteiger charge is -2.08. The number of benzene rings is 2. The van der Waals surface area contributed by atoms with Crippen LogP contribution in [0.25, 0.3) is 10.8 Å². The fourth-order valence-corrected chi connectivity index (χ4v) is 2.17. The van der Waals surface area contributed by atoms with Crippen LogP contribution < -0.4 is 9.47 Å². The summed E-state index contributed by atoms with van der Waals surface area (Å²) in [6, 6.07) is 11.9. The van der Waals surface area contributed by atoms with Crippen molar-refractivity contribution in [2.75, 3.05) is 13.2 Å². The minimum absolute atomic E-state index is 0.262. The molecule has 0 amide bonds. The first-order chi connectivity index (χ1) is 10.9. The highest BCUT2D eigenvalue weighted by Gasteiger charge is 2.23. The molecule has 1 aliphatic rings. The third-order valence-electron chi connectivity index (χ3n) is 3.38. The second-order valence-corrected chi connectivity index (χ2v) is 5.08. The maximum absolute atomic E-state index is 5.69. The Bertz CT molecular complexity index is 788. The van der Waals surface area contributed by atoms with Gasteiger partial charge in [0.1, 0.15) is 24.2 Å². The molecule has 1 atom stereocenters. The molecule has 4 rings (SSSR count). The highest BCUT2D eigenvalue weighted by molar-refractivity contribution is 5.85. The molecule has 1 unspecified atom stereocenters. The topological polar surface area (TPSA) is 56.8 Å². The Hall–Kier alpha value is -2.66. The van der Waals surface area contributed by atoms with E-state index in [4.69, 9.17) is 14.2 Å². The monoisotopic (exact) mass is 294 g/mol. The summed E-state index contributed by atoms with van der Waals surface area (Å²) in [5.74, 6) is 2.06. The van der Waals surface area contributed by atoms with Gasteiger partial charge in [-0.25, -0.2) is 4.98 Å². The molecule has 1 saturated heterocycles. The van der Waals surface area contributed by atoms with Crippen LogP contribution in [-0.2, 0) is 4.74 Å². The van der Waals surface area contributed by atoms with Crippen molar-refractivity contribution in [1.82, 2.24) is 9.97 Å². The van der Waals surface area contributed by atoms with Crippen molar-refractivity contribution < 1.29 is 14.2 Å². The lowest BCUT2D eigenvalue weighted by atomic mass is 10.1. The van der Waals surface area contributed by atoms with Crippen LogP contribution in [0.5, 0.6) is 17.4 Å². The molecule has 1 aliphatic heterocycles. The average molecular weight is 294 g/mol. The van der Waals surface area contributed by atoms with Gasteiger partial charge in [-0.15, -0.1) is 0 Å². The summed E-state index contributed by atoms with van der Waals surface area (Å²) >= 11 is 0. The number of aromatic nitrogens is 2. The maximum atomic E-state index is 5.69. The van der Waals surface area contributed by atoms with Gasteiger partial charge in [0.25, 0.3) is 0 Å². The lowest BCUT2D eigenvalue weighted by Crippen LogP contribution is -2.03. The molecule has 1 fully saturated rings. The van der Waals surface area contributed by atoms with Crippen molar-refractivity contribution >= 4 is 10.8 Å².